The van der Waals surface area contributed by atoms with Gasteiger partial charge in [-0.15, -0.1) is 4.13 Å². The van der Waals surface area contributed by atoms with Crippen molar-refractivity contribution >= 4 is 36.8 Å². The number of nitrogens with zero attached hydrogens (tertiary/aromatic N) is 2. The molecule has 10 heteroatoms. The van der Waals surface area contributed by atoms with Crippen LogP contribution < -0.4 is 9.86 Å². The summed E-state index contributed by atoms with van der Waals surface area (Å²) in [5, 5.41) is 0. The lowest BCUT2D eigenvalue weighted by atomic mass is 10.1. The van der Waals surface area contributed by atoms with Crippen molar-refractivity contribution in [3.05, 3.63) is 30.1 Å². The molecular weight excluding hydrogens is 304 g/mol. The number of hydrogen-bond acceptors (Lipinski definition) is 7. The first-order chi connectivity index (χ1) is 9.18. The molecule has 0 saturated carbocycles. The monoisotopic (exact) mass is 316 g/mol. The number of hydrogen-bond donors (Lipinski definition) is 2. The molecule has 0 unspecified atom stereocenters. The van der Waals surface area contributed by atoms with Crippen LogP contribution in [0.1, 0.15) is 5.56 Å². The SMILES string of the molecule is CS(=O)(=O)NS(=O)(=O)Cc1c(N)ccc2nccnc12. The highest BCUT2D eigenvalue weighted by Gasteiger charge is 2.20. The van der Waals surface area contributed by atoms with Crippen molar-refractivity contribution in [2.45, 2.75) is 5.75 Å². The van der Waals surface area contributed by atoms with Gasteiger partial charge in [-0.05, 0) is 12.1 Å². The summed E-state index contributed by atoms with van der Waals surface area (Å²) in [6.45, 7) is 0. The average molecular weight is 316 g/mol. The van der Waals surface area contributed by atoms with E-state index in [1.165, 1.54) is 18.5 Å². The van der Waals surface area contributed by atoms with Crippen LogP contribution in [0.25, 0.3) is 11.0 Å². The highest BCUT2D eigenvalue weighted by Crippen LogP contribution is 2.22. The van der Waals surface area contributed by atoms with Crippen LogP contribution in [0.3, 0.4) is 0 Å². The second-order valence-electron chi connectivity index (χ2n) is 4.17. The van der Waals surface area contributed by atoms with Gasteiger partial charge in [0.25, 0.3) is 0 Å². The van der Waals surface area contributed by atoms with Crippen LogP contribution in [-0.2, 0) is 25.8 Å². The number of fused-ring (bicyclic) bond motifs is 1. The van der Waals surface area contributed by atoms with Gasteiger partial charge in [-0.1, -0.05) is 0 Å². The summed E-state index contributed by atoms with van der Waals surface area (Å²) in [4.78, 5) is 8.07. The zero-order valence-electron chi connectivity index (χ0n) is 10.4. The van der Waals surface area contributed by atoms with Crippen LogP contribution in [0.2, 0.25) is 0 Å². The molecule has 0 aliphatic rings. The van der Waals surface area contributed by atoms with Gasteiger partial charge in [-0.3, -0.25) is 9.97 Å². The van der Waals surface area contributed by atoms with Crippen molar-refractivity contribution in [2.75, 3.05) is 12.0 Å². The number of nitrogens with two attached hydrogens (primary N) is 1. The van der Waals surface area contributed by atoms with E-state index in [0.29, 0.717) is 11.0 Å². The van der Waals surface area contributed by atoms with Gasteiger partial charge in [-0.25, -0.2) is 16.8 Å². The van der Waals surface area contributed by atoms with Crippen molar-refractivity contribution in [3.63, 3.8) is 0 Å². The quantitative estimate of drug-likeness (QED) is 0.733. The van der Waals surface area contributed by atoms with E-state index in [2.05, 4.69) is 9.97 Å². The Kier molecular flexibility index (Phi) is 3.63. The van der Waals surface area contributed by atoms with Crippen molar-refractivity contribution in [1.29, 1.82) is 0 Å². The zero-order chi connectivity index (χ0) is 15.0. The van der Waals surface area contributed by atoms with Gasteiger partial charge in [0.05, 0.1) is 23.0 Å². The van der Waals surface area contributed by atoms with E-state index in [1.807, 2.05) is 0 Å². The molecule has 3 N–H and O–H groups in total. The first-order valence-electron chi connectivity index (χ1n) is 5.37. The fourth-order valence-corrected chi connectivity index (χ4v) is 4.48. The summed E-state index contributed by atoms with van der Waals surface area (Å²) >= 11 is 0. The molecule has 108 valence electrons. The van der Waals surface area contributed by atoms with Crippen LogP contribution >= 0.6 is 0 Å². The molecule has 0 aliphatic heterocycles. The second kappa shape index (κ2) is 4.96. The molecule has 0 amide bonds. The largest absolute Gasteiger partial charge is 0.398 e. The molecule has 0 radical (unpaired) electrons. The molecule has 20 heavy (non-hydrogen) atoms. The van der Waals surface area contributed by atoms with E-state index in [1.54, 1.807) is 10.2 Å². The van der Waals surface area contributed by atoms with Crippen molar-refractivity contribution in [1.82, 2.24) is 14.1 Å². The lowest BCUT2D eigenvalue weighted by Gasteiger charge is -2.09. The van der Waals surface area contributed by atoms with Crippen LogP contribution in [0.5, 0.6) is 0 Å². The van der Waals surface area contributed by atoms with Crippen LogP contribution in [0, 0.1) is 0 Å². The summed E-state index contributed by atoms with van der Waals surface area (Å²) in [6, 6.07) is 3.11. The van der Waals surface area contributed by atoms with E-state index in [0.717, 1.165) is 6.26 Å². The third-order valence-electron chi connectivity index (χ3n) is 2.39. The Labute approximate surface area is 116 Å². The second-order valence-corrected chi connectivity index (χ2v) is 7.90. The molecule has 2 aromatic rings. The third kappa shape index (κ3) is 3.40. The number of aromatic nitrogens is 2. The Balaban J connectivity index is 2.51. The van der Waals surface area contributed by atoms with E-state index in [9.17, 15) is 16.8 Å². The number of anilines is 1. The fraction of sp³-hybridized carbons (Fsp3) is 0.200. The minimum Gasteiger partial charge on any atom is -0.398 e. The molecule has 0 aliphatic carbocycles. The first kappa shape index (κ1) is 14.6. The molecule has 1 aromatic carbocycles. The molecule has 0 spiro atoms. The third-order valence-corrected chi connectivity index (χ3v) is 5.29. The van der Waals surface area contributed by atoms with Gasteiger partial charge in [-0.2, -0.15) is 0 Å². The predicted octanol–water partition coefficient (Wildman–Crippen LogP) is -0.409. The zero-order valence-corrected chi connectivity index (χ0v) is 12.1. The van der Waals surface area contributed by atoms with Crippen molar-refractivity contribution < 1.29 is 16.8 Å². The summed E-state index contributed by atoms with van der Waals surface area (Å²) in [7, 11) is -7.97. The number of nitrogens with one attached hydrogen (secondary N) is 1. The van der Waals surface area contributed by atoms with Crippen molar-refractivity contribution in [2.24, 2.45) is 0 Å². The summed E-state index contributed by atoms with van der Waals surface area (Å²) in [6.07, 6.45) is 3.63. The molecule has 0 saturated heterocycles. The standard InChI is InChI=1S/C10H12N4O4S2/c1-19(15,16)14-20(17,18)6-7-8(11)2-3-9-10(7)13-5-4-12-9/h2-5,14H,6,11H2,1H3. The Hall–Kier alpha value is -1.78. The van der Waals surface area contributed by atoms with Gasteiger partial charge < -0.3 is 5.73 Å². The van der Waals surface area contributed by atoms with Crippen LogP contribution in [0.15, 0.2) is 24.5 Å². The van der Waals surface area contributed by atoms with Gasteiger partial charge in [0.2, 0.25) is 20.0 Å². The van der Waals surface area contributed by atoms with E-state index in [4.69, 9.17) is 5.73 Å². The molecule has 2 rings (SSSR count). The Morgan fingerprint density at radius 3 is 2.45 bits per heavy atom. The minimum atomic E-state index is -4.09. The van der Waals surface area contributed by atoms with Gasteiger partial charge in [0.15, 0.2) is 0 Å². The molecule has 1 aromatic heterocycles. The Bertz CT molecular complexity index is 862. The van der Waals surface area contributed by atoms with E-state index < -0.39 is 25.8 Å². The van der Waals surface area contributed by atoms with Gasteiger partial charge in [0.1, 0.15) is 0 Å². The van der Waals surface area contributed by atoms with Gasteiger partial charge >= 0.3 is 0 Å². The summed E-state index contributed by atoms with van der Waals surface area (Å²) in [5.74, 6) is -0.595. The fourth-order valence-electron chi connectivity index (χ4n) is 1.71. The number of benzene rings is 1. The normalized spacial score (nSPS) is 12.7. The number of sulfonamides is 2. The number of nitrogen functional groups attached to an aromatic ring is 1. The first-order valence-corrected chi connectivity index (χ1v) is 8.92. The lowest BCUT2D eigenvalue weighted by molar-refractivity contribution is 0.579. The van der Waals surface area contributed by atoms with Crippen molar-refractivity contribution in [3.8, 4) is 0 Å². The maximum Gasteiger partial charge on any atom is 0.228 e. The lowest BCUT2D eigenvalue weighted by Crippen LogP contribution is -2.30. The highest BCUT2D eigenvalue weighted by molar-refractivity contribution is 8.04. The molecule has 1 heterocycles. The average Bonchev–Trinajstić information content (AvgIpc) is 2.30. The minimum absolute atomic E-state index is 0.205. The van der Waals surface area contributed by atoms with E-state index in [-0.39, 0.29) is 11.3 Å². The van der Waals surface area contributed by atoms with Gasteiger partial charge in [0, 0.05) is 23.6 Å². The van der Waals surface area contributed by atoms with Crippen LogP contribution in [0.4, 0.5) is 5.69 Å². The maximum absolute atomic E-state index is 11.8. The predicted molar refractivity (Wildman–Crippen MR) is 74.6 cm³/mol. The summed E-state index contributed by atoms with van der Waals surface area (Å²) < 4.78 is 47.3. The molecular formula is C10H12N4O4S2. The smallest absolute Gasteiger partial charge is 0.228 e. The Morgan fingerprint density at radius 1 is 1.15 bits per heavy atom. The maximum atomic E-state index is 11.8. The highest BCUT2D eigenvalue weighted by atomic mass is 32.3. The topological polar surface area (TPSA) is 132 Å². The molecule has 0 bridgehead atoms. The molecule has 0 fully saturated rings. The summed E-state index contributed by atoms with van der Waals surface area (Å²) in [5.41, 5.74) is 6.97. The molecule has 0 atom stereocenters. The van der Waals surface area contributed by atoms with Crippen LogP contribution in [-0.4, -0.2) is 33.1 Å². The Morgan fingerprint density at radius 2 is 1.80 bits per heavy atom. The molecule has 8 nitrogen and oxygen atoms in total. The van der Waals surface area contributed by atoms with E-state index >= 15 is 0 Å². The number of rotatable bonds is 4.